The van der Waals surface area contributed by atoms with E-state index in [1.54, 1.807) is 0 Å². The normalized spacial score (nSPS) is 13.0. The summed E-state index contributed by atoms with van der Waals surface area (Å²) in [5.74, 6) is -2.50. The summed E-state index contributed by atoms with van der Waals surface area (Å²) in [5.41, 5.74) is 0.887. The molecule has 1 aromatic carbocycles. The number of rotatable bonds is 12. The fourth-order valence-corrected chi connectivity index (χ4v) is 4.26. The van der Waals surface area contributed by atoms with Gasteiger partial charge in [-0.2, -0.15) is 18.3 Å². The summed E-state index contributed by atoms with van der Waals surface area (Å²) < 4.78 is 53.4. The molecule has 1 amide bonds. The number of nitrogens with one attached hydrogen (secondary N) is 1. The predicted molar refractivity (Wildman–Crippen MR) is 141 cm³/mol. The minimum atomic E-state index is -4.58. The van der Waals surface area contributed by atoms with Crippen LogP contribution in [0.5, 0.6) is 0 Å². The smallest absolute Gasteiger partial charge is 0.433 e. The number of halogens is 4. The first-order valence-electron chi connectivity index (χ1n) is 12.5. The molecule has 2 aromatic heterocycles. The topological polar surface area (TPSA) is 138 Å². The second-order valence-corrected chi connectivity index (χ2v) is 9.66. The molecule has 14 heteroatoms. The van der Waals surface area contributed by atoms with Crippen molar-refractivity contribution >= 4 is 41.4 Å². The van der Waals surface area contributed by atoms with E-state index in [0.717, 1.165) is 12.3 Å². The molecule has 2 atom stereocenters. The summed E-state index contributed by atoms with van der Waals surface area (Å²) in [7, 11) is 0. The summed E-state index contributed by atoms with van der Waals surface area (Å²) in [6, 6.07) is 7.43. The zero-order valence-electron chi connectivity index (χ0n) is 22.8. The molecule has 9 nitrogen and oxygen atoms in total. The zero-order chi connectivity index (χ0) is 29.6. The number of amides is 1. The van der Waals surface area contributed by atoms with Crippen molar-refractivity contribution in [2.24, 2.45) is 0 Å². The van der Waals surface area contributed by atoms with Gasteiger partial charge in [-0.1, -0.05) is 19.9 Å². The number of aliphatic hydroxyl groups excluding tert-OH is 2. The summed E-state index contributed by atoms with van der Waals surface area (Å²) >= 11 is 0. The maximum absolute atomic E-state index is 13.6. The molecular weight excluding hydrogens is 559 g/mol. The van der Waals surface area contributed by atoms with Gasteiger partial charge in [0.1, 0.15) is 11.5 Å². The monoisotopic (exact) mass is 589 g/mol. The molecule has 0 aliphatic heterocycles. The molecular formula is C27H30F4N4NaO5. The summed E-state index contributed by atoms with van der Waals surface area (Å²) in [6.45, 7) is 3.55. The third kappa shape index (κ3) is 9.60. The second kappa shape index (κ2) is 14.9. The predicted octanol–water partition coefficient (Wildman–Crippen LogP) is 3.62. The van der Waals surface area contributed by atoms with Gasteiger partial charge in [-0.25, -0.2) is 9.07 Å². The number of carbonyl (C=O) groups excluding carboxylic acids is 1. The quantitative estimate of drug-likeness (QED) is 0.187. The Morgan fingerprint density at radius 3 is 2.24 bits per heavy atom. The van der Waals surface area contributed by atoms with E-state index in [4.69, 9.17) is 5.11 Å². The minimum absolute atomic E-state index is 0. The first kappa shape index (κ1) is 34.4. The fraction of sp³-hybridized carbons (Fsp3) is 0.407. The number of aliphatic carboxylic acids is 1. The number of alkyl halides is 3. The maximum Gasteiger partial charge on any atom is 0.433 e. The van der Waals surface area contributed by atoms with E-state index in [2.05, 4.69) is 15.4 Å². The van der Waals surface area contributed by atoms with Crippen LogP contribution in [0.3, 0.4) is 0 Å². The van der Waals surface area contributed by atoms with Crippen molar-refractivity contribution in [3.8, 4) is 5.69 Å². The third-order valence-corrected chi connectivity index (χ3v) is 6.12. The van der Waals surface area contributed by atoms with Crippen LogP contribution in [0.15, 0.2) is 42.6 Å². The van der Waals surface area contributed by atoms with Crippen molar-refractivity contribution in [2.45, 2.75) is 70.4 Å². The Kier molecular flexibility index (Phi) is 12.5. The SMILES string of the molecule is CC(C)c1c(C(=O)NCc2ccc(C(F)(F)F)nc2)nn(-c2ccc(F)cc2)c1CC[C@@H](O)C[C@@H](O)CC(=O)O.[Na]. The summed E-state index contributed by atoms with van der Waals surface area (Å²) in [6.07, 6.45) is -6.22. The molecule has 0 fully saturated rings. The Balaban J connectivity index is 0.00000588. The summed E-state index contributed by atoms with van der Waals surface area (Å²) in [4.78, 5) is 27.4. The molecule has 4 N–H and O–H groups in total. The van der Waals surface area contributed by atoms with Gasteiger partial charge in [0.25, 0.3) is 5.91 Å². The molecule has 3 rings (SSSR count). The Labute approximate surface area is 255 Å². The number of hydrogen-bond acceptors (Lipinski definition) is 6. The average Bonchev–Trinajstić information content (AvgIpc) is 3.25. The first-order chi connectivity index (χ1) is 18.8. The maximum atomic E-state index is 13.6. The van der Waals surface area contributed by atoms with Crippen molar-refractivity contribution in [1.29, 1.82) is 0 Å². The Morgan fingerprint density at radius 2 is 1.71 bits per heavy atom. The van der Waals surface area contributed by atoms with Crippen LogP contribution in [0.1, 0.15) is 72.0 Å². The number of carboxylic acids is 1. The van der Waals surface area contributed by atoms with E-state index >= 15 is 0 Å². The van der Waals surface area contributed by atoms with Gasteiger partial charge in [0.2, 0.25) is 0 Å². The van der Waals surface area contributed by atoms with Crippen LogP contribution in [0.2, 0.25) is 0 Å². The van der Waals surface area contributed by atoms with E-state index in [1.807, 2.05) is 13.8 Å². The summed E-state index contributed by atoms with van der Waals surface area (Å²) in [5, 5.41) is 36.3. The van der Waals surface area contributed by atoms with Gasteiger partial charge >= 0.3 is 12.1 Å². The van der Waals surface area contributed by atoms with Crippen LogP contribution in [0.25, 0.3) is 5.69 Å². The molecule has 217 valence electrons. The molecule has 41 heavy (non-hydrogen) atoms. The van der Waals surface area contributed by atoms with Crippen LogP contribution >= 0.6 is 0 Å². The van der Waals surface area contributed by atoms with Crippen molar-refractivity contribution < 1.29 is 42.5 Å². The minimum Gasteiger partial charge on any atom is -0.481 e. The number of aliphatic hydroxyl groups is 2. The van der Waals surface area contributed by atoms with E-state index in [0.29, 0.717) is 22.5 Å². The molecule has 0 unspecified atom stereocenters. The number of carboxylic acid groups (broad SMARTS) is 1. The van der Waals surface area contributed by atoms with Gasteiger partial charge in [-0.05, 0) is 61.1 Å². The molecule has 0 aliphatic carbocycles. The Hall–Kier alpha value is -2.84. The van der Waals surface area contributed by atoms with Gasteiger partial charge in [-0.3, -0.25) is 14.6 Å². The molecule has 0 aliphatic rings. The van der Waals surface area contributed by atoms with Crippen molar-refractivity contribution in [3.63, 3.8) is 0 Å². The average molecular weight is 590 g/mol. The van der Waals surface area contributed by atoms with Gasteiger partial charge < -0.3 is 20.6 Å². The zero-order valence-corrected chi connectivity index (χ0v) is 24.8. The molecule has 1 radical (unpaired) electrons. The molecule has 0 saturated heterocycles. The molecule has 0 bridgehead atoms. The van der Waals surface area contributed by atoms with Crippen LogP contribution in [-0.4, -0.2) is 83.7 Å². The van der Waals surface area contributed by atoms with E-state index in [-0.39, 0.29) is 67.0 Å². The third-order valence-electron chi connectivity index (χ3n) is 6.12. The van der Waals surface area contributed by atoms with Crippen molar-refractivity contribution in [2.75, 3.05) is 0 Å². The first-order valence-corrected chi connectivity index (χ1v) is 12.5. The Bertz CT molecular complexity index is 1310. The van der Waals surface area contributed by atoms with Gasteiger partial charge in [0, 0.05) is 53.6 Å². The van der Waals surface area contributed by atoms with Gasteiger partial charge in [0.15, 0.2) is 5.69 Å². The van der Waals surface area contributed by atoms with Crippen LogP contribution in [-0.2, 0) is 23.9 Å². The molecule has 0 saturated carbocycles. The number of carbonyl (C=O) groups is 2. The Morgan fingerprint density at radius 1 is 1.05 bits per heavy atom. The second-order valence-electron chi connectivity index (χ2n) is 9.66. The van der Waals surface area contributed by atoms with Crippen LogP contribution in [0, 0.1) is 5.82 Å². The number of hydrogen-bond donors (Lipinski definition) is 4. The van der Waals surface area contributed by atoms with Gasteiger partial charge in [-0.15, -0.1) is 0 Å². The number of benzene rings is 1. The molecule has 3 aromatic rings. The van der Waals surface area contributed by atoms with Crippen molar-refractivity contribution in [3.05, 3.63) is 76.6 Å². The molecule has 0 spiro atoms. The number of nitrogens with zero attached hydrogens (tertiary/aromatic N) is 3. The largest absolute Gasteiger partial charge is 0.481 e. The molecule has 2 heterocycles. The van der Waals surface area contributed by atoms with E-state index in [1.165, 1.54) is 35.0 Å². The van der Waals surface area contributed by atoms with E-state index in [9.17, 15) is 37.4 Å². The standard InChI is InChI=1S/C27H30F4N4O5.Na/c1-15(2)24-21(9-8-19(36)11-20(37)12-23(38)39)35(18-6-4-17(28)5-7-18)34-25(24)26(40)33-14-16-3-10-22(32-13-16)27(29,30)31;/h3-7,10,13,15,19-20,36-37H,8-9,11-12,14H2,1-2H3,(H,33,40)(H,38,39);/t19-,20-;/m1./s1. The van der Waals surface area contributed by atoms with Gasteiger partial charge in [0.05, 0.1) is 24.3 Å². The number of aromatic nitrogens is 3. The van der Waals surface area contributed by atoms with E-state index < -0.39 is 48.2 Å². The number of pyridine rings is 1. The van der Waals surface area contributed by atoms with Crippen LogP contribution < -0.4 is 5.32 Å². The van der Waals surface area contributed by atoms with Crippen molar-refractivity contribution in [1.82, 2.24) is 20.1 Å². The fourth-order valence-electron chi connectivity index (χ4n) is 4.26. The van der Waals surface area contributed by atoms with Crippen LogP contribution in [0.4, 0.5) is 17.6 Å².